The van der Waals surface area contributed by atoms with Crippen molar-refractivity contribution < 1.29 is 19.0 Å². The average Bonchev–Trinajstić information content (AvgIpc) is 2.58. The number of carbonyl (C=O) groups is 1. The van der Waals surface area contributed by atoms with E-state index in [9.17, 15) is 4.79 Å². The molecule has 0 bridgehead atoms. The number of hydrogen-bond acceptors (Lipinski definition) is 5. The summed E-state index contributed by atoms with van der Waals surface area (Å²) in [6.45, 7) is 1.06. The fourth-order valence-electron chi connectivity index (χ4n) is 1.75. The lowest BCUT2D eigenvalue weighted by molar-refractivity contribution is -0.120. The van der Waals surface area contributed by atoms with Gasteiger partial charge in [-0.3, -0.25) is 9.79 Å². The molecular formula is C15H25IN4O4. The first-order valence-electron chi connectivity index (χ1n) is 7.10. The molecule has 9 heteroatoms. The van der Waals surface area contributed by atoms with Crippen LogP contribution in [-0.4, -0.2) is 59.9 Å². The molecule has 0 aromatic heterocycles. The second-order valence-corrected chi connectivity index (χ2v) is 4.46. The number of methoxy groups -OCH3 is 3. The standard InChI is InChI=1S/C15H24N4O4.HI/c1-16-15(18-10-14(20)17-7-8-21-2)19-11-5-6-12(22-3)13(9-11)23-4;/h5-6,9H,7-8,10H2,1-4H3,(H,17,20)(H2,16,18,19);1H. The fourth-order valence-corrected chi connectivity index (χ4v) is 1.75. The largest absolute Gasteiger partial charge is 0.493 e. The predicted octanol–water partition coefficient (Wildman–Crippen LogP) is 1.07. The molecule has 3 N–H and O–H groups in total. The van der Waals surface area contributed by atoms with Crippen molar-refractivity contribution >= 4 is 41.5 Å². The lowest BCUT2D eigenvalue weighted by Crippen LogP contribution is -2.40. The van der Waals surface area contributed by atoms with Crippen molar-refractivity contribution in [2.24, 2.45) is 4.99 Å². The summed E-state index contributed by atoms with van der Waals surface area (Å²) in [5.74, 6) is 1.57. The molecule has 1 aromatic rings. The van der Waals surface area contributed by atoms with Crippen LogP contribution in [0, 0.1) is 0 Å². The summed E-state index contributed by atoms with van der Waals surface area (Å²) in [4.78, 5) is 15.7. The van der Waals surface area contributed by atoms with Gasteiger partial charge >= 0.3 is 0 Å². The minimum Gasteiger partial charge on any atom is -0.493 e. The number of guanidine groups is 1. The Labute approximate surface area is 159 Å². The van der Waals surface area contributed by atoms with Crippen molar-refractivity contribution in [3.63, 3.8) is 0 Å². The van der Waals surface area contributed by atoms with Gasteiger partial charge in [0.1, 0.15) is 0 Å². The quantitative estimate of drug-likeness (QED) is 0.237. The molecule has 0 saturated heterocycles. The molecule has 136 valence electrons. The van der Waals surface area contributed by atoms with Crippen molar-refractivity contribution in [1.29, 1.82) is 0 Å². The summed E-state index contributed by atoms with van der Waals surface area (Å²) < 4.78 is 15.3. The van der Waals surface area contributed by atoms with Gasteiger partial charge < -0.3 is 30.2 Å². The SMILES string of the molecule is CN=C(NCC(=O)NCCOC)Nc1ccc(OC)c(OC)c1.I. The molecule has 0 atom stereocenters. The number of carbonyl (C=O) groups excluding carboxylic acids is 1. The number of hydrogen-bond donors (Lipinski definition) is 3. The van der Waals surface area contributed by atoms with E-state index in [0.717, 1.165) is 5.69 Å². The van der Waals surface area contributed by atoms with E-state index in [1.165, 1.54) is 0 Å². The van der Waals surface area contributed by atoms with E-state index in [2.05, 4.69) is 20.9 Å². The molecule has 24 heavy (non-hydrogen) atoms. The Morgan fingerprint density at radius 3 is 2.42 bits per heavy atom. The fraction of sp³-hybridized carbons (Fsp3) is 0.467. The van der Waals surface area contributed by atoms with Crippen LogP contribution in [-0.2, 0) is 9.53 Å². The highest BCUT2D eigenvalue weighted by atomic mass is 127. The minimum atomic E-state index is -0.141. The maximum atomic E-state index is 11.6. The molecule has 0 unspecified atom stereocenters. The highest BCUT2D eigenvalue weighted by Crippen LogP contribution is 2.29. The van der Waals surface area contributed by atoms with Crippen LogP contribution in [0.1, 0.15) is 0 Å². The van der Waals surface area contributed by atoms with Crippen LogP contribution in [0.25, 0.3) is 0 Å². The Hall–Kier alpha value is -1.75. The van der Waals surface area contributed by atoms with Crippen molar-refractivity contribution in [3.8, 4) is 11.5 Å². The summed E-state index contributed by atoms with van der Waals surface area (Å²) in [5, 5.41) is 8.72. The Morgan fingerprint density at radius 2 is 1.83 bits per heavy atom. The van der Waals surface area contributed by atoms with Gasteiger partial charge in [0.15, 0.2) is 17.5 Å². The van der Waals surface area contributed by atoms with Crippen LogP contribution in [0.2, 0.25) is 0 Å². The summed E-state index contributed by atoms with van der Waals surface area (Å²) in [6.07, 6.45) is 0. The first-order chi connectivity index (χ1) is 11.1. The van der Waals surface area contributed by atoms with E-state index in [1.54, 1.807) is 40.5 Å². The van der Waals surface area contributed by atoms with E-state index in [1.807, 2.05) is 6.07 Å². The molecule has 0 aliphatic rings. The van der Waals surface area contributed by atoms with E-state index in [-0.39, 0.29) is 36.4 Å². The first kappa shape index (κ1) is 22.2. The molecule has 1 aromatic carbocycles. The number of benzene rings is 1. The summed E-state index contributed by atoms with van der Waals surface area (Å²) in [6, 6.07) is 5.39. The Balaban J connectivity index is 0.00000529. The second-order valence-electron chi connectivity index (χ2n) is 4.46. The molecule has 1 amide bonds. The van der Waals surface area contributed by atoms with Crippen LogP contribution in [0.15, 0.2) is 23.2 Å². The number of anilines is 1. The van der Waals surface area contributed by atoms with Gasteiger partial charge in [-0.25, -0.2) is 0 Å². The Morgan fingerprint density at radius 1 is 1.12 bits per heavy atom. The monoisotopic (exact) mass is 452 g/mol. The second kappa shape index (κ2) is 12.6. The molecule has 0 aliphatic carbocycles. The number of halogens is 1. The van der Waals surface area contributed by atoms with Gasteiger partial charge in [0, 0.05) is 32.5 Å². The predicted molar refractivity (Wildman–Crippen MR) is 105 cm³/mol. The molecule has 0 spiro atoms. The van der Waals surface area contributed by atoms with Crippen LogP contribution >= 0.6 is 24.0 Å². The molecule has 0 saturated carbocycles. The third-order valence-electron chi connectivity index (χ3n) is 2.91. The van der Waals surface area contributed by atoms with Crippen LogP contribution < -0.4 is 25.4 Å². The van der Waals surface area contributed by atoms with Gasteiger partial charge in [0.05, 0.1) is 27.4 Å². The maximum Gasteiger partial charge on any atom is 0.239 e. The number of nitrogens with one attached hydrogen (secondary N) is 3. The molecular weight excluding hydrogens is 427 g/mol. The van der Waals surface area contributed by atoms with Crippen LogP contribution in [0.4, 0.5) is 5.69 Å². The number of aliphatic imine (C=N–C) groups is 1. The number of rotatable bonds is 8. The van der Waals surface area contributed by atoms with Crippen molar-refractivity contribution in [2.75, 3.05) is 53.4 Å². The highest BCUT2D eigenvalue weighted by Gasteiger charge is 2.07. The zero-order chi connectivity index (χ0) is 17.1. The average molecular weight is 452 g/mol. The molecule has 1 rings (SSSR count). The van der Waals surface area contributed by atoms with Crippen LogP contribution in [0.3, 0.4) is 0 Å². The van der Waals surface area contributed by atoms with Gasteiger partial charge in [-0.05, 0) is 12.1 Å². The summed E-state index contributed by atoms with van der Waals surface area (Å²) in [7, 11) is 6.35. The van der Waals surface area contributed by atoms with Gasteiger partial charge in [0.2, 0.25) is 5.91 Å². The molecule has 0 aliphatic heterocycles. The third kappa shape index (κ3) is 7.68. The zero-order valence-corrected chi connectivity index (χ0v) is 16.7. The van der Waals surface area contributed by atoms with Crippen molar-refractivity contribution in [3.05, 3.63) is 18.2 Å². The minimum absolute atomic E-state index is 0. The van der Waals surface area contributed by atoms with E-state index < -0.39 is 0 Å². The highest BCUT2D eigenvalue weighted by molar-refractivity contribution is 14.0. The number of nitrogens with zero attached hydrogens (tertiary/aromatic N) is 1. The number of amides is 1. The van der Waals surface area contributed by atoms with E-state index in [0.29, 0.717) is 30.6 Å². The Kier molecular flexibility index (Phi) is 11.7. The Bertz CT molecular complexity index is 540. The van der Waals surface area contributed by atoms with Gasteiger partial charge in [0.25, 0.3) is 0 Å². The van der Waals surface area contributed by atoms with Crippen molar-refractivity contribution in [1.82, 2.24) is 10.6 Å². The molecule has 0 fully saturated rings. The molecule has 0 radical (unpaired) electrons. The lowest BCUT2D eigenvalue weighted by Gasteiger charge is -2.14. The van der Waals surface area contributed by atoms with Crippen molar-refractivity contribution in [2.45, 2.75) is 0 Å². The number of ether oxygens (including phenoxy) is 3. The molecule has 0 heterocycles. The maximum absolute atomic E-state index is 11.6. The summed E-state index contributed by atoms with van der Waals surface area (Å²) in [5.41, 5.74) is 0.760. The van der Waals surface area contributed by atoms with Gasteiger partial charge in [-0.2, -0.15) is 0 Å². The van der Waals surface area contributed by atoms with E-state index in [4.69, 9.17) is 14.2 Å². The first-order valence-corrected chi connectivity index (χ1v) is 7.10. The normalized spacial score (nSPS) is 10.4. The van der Waals surface area contributed by atoms with Gasteiger partial charge in [-0.15, -0.1) is 24.0 Å². The zero-order valence-electron chi connectivity index (χ0n) is 14.3. The third-order valence-corrected chi connectivity index (χ3v) is 2.91. The van der Waals surface area contributed by atoms with Gasteiger partial charge in [-0.1, -0.05) is 0 Å². The van der Waals surface area contributed by atoms with E-state index >= 15 is 0 Å². The smallest absolute Gasteiger partial charge is 0.239 e. The lowest BCUT2D eigenvalue weighted by atomic mass is 10.3. The molecule has 8 nitrogen and oxygen atoms in total. The summed E-state index contributed by atoms with van der Waals surface area (Å²) >= 11 is 0. The van der Waals surface area contributed by atoms with Crippen LogP contribution in [0.5, 0.6) is 11.5 Å². The topological polar surface area (TPSA) is 93.2 Å².